The van der Waals surface area contributed by atoms with Gasteiger partial charge in [-0.2, -0.15) is 0 Å². The Labute approximate surface area is 201 Å². The van der Waals surface area contributed by atoms with Crippen LogP contribution in [0, 0.1) is 6.92 Å². The molecule has 0 unspecified atom stereocenters. The summed E-state index contributed by atoms with van der Waals surface area (Å²) in [5, 5.41) is 1.11. The van der Waals surface area contributed by atoms with E-state index >= 15 is 0 Å². The second kappa shape index (κ2) is 10.6. The highest BCUT2D eigenvalue weighted by molar-refractivity contribution is 8.26. The summed E-state index contributed by atoms with van der Waals surface area (Å²) in [6.07, 6.45) is 2.39. The fraction of sp³-hybridized carbons (Fsp3) is 0.273. The third kappa shape index (κ3) is 5.86. The first-order valence-corrected chi connectivity index (χ1v) is 11.4. The number of thioether (sulfide) groups is 1. The number of rotatable bonds is 8. The Bertz CT molecular complexity index is 1040. The monoisotopic (exact) mass is 497 g/mol. The van der Waals surface area contributed by atoms with Crippen LogP contribution in [0.4, 0.5) is 0 Å². The zero-order valence-corrected chi connectivity index (χ0v) is 20.4. The lowest BCUT2D eigenvalue weighted by molar-refractivity contribution is -0.121. The zero-order chi connectivity index (χ0) is 22.5. The molecule has 5 nitrogen and oxygen atoms in total. The van der Waals surface area contributed by atoms with Crippen LogP contribution in [0.3, 0.4) is 0 Å². The van der Waals surface area contributed by atoms with Crippen molar-refractivity contribution in [3.05, 3.63) is 56.4 Å². The molecule has 0 bridgehead atoms. The van der Waals surface area contributed by atoms with Gasteiger partial charge in [0.1, 0.15) is 10.1 Å². The van der Waals surface area contributed by atoms with Crippen LogP contribution in [-0.2, 0) is 4.79 Å². The molecule has 0 aromatic heterocycles. The number of likely N-dealkylation sites (N-methyl/N-ethyl adjacent to an activating group) is 1. The molecule has 1 aliphatic heterocycles. The predicted octanol–water partition coefficient (Wildman–Crippen LogP) is 5.99. The standard InChI is InChI=1S/C22H21Cl2NO4S2/c1-13-9-15(5-6-16(13)23)28-7-4-8-29-20-17(24)10-14(11-18(20)27-3)12-19-21(26)25(2)22(30)31-19/h5-6,9-12H,4,7-8H2,1-3H3. The van der Waals surface area contributed by atoms with Gasteiger partial charge in [-0.1, -0.05) is 47.2 Å². The number of benzene rings is 2. The van der Waals surface area contributed by atoms with Crippen molar-refractivity contribution >= 4 is 63.5 Å². The van der Waals surface area contributed by atoms with Gasteiger partial charge in [0.2, 0.25) is 0 Å². The van der Waals surface area contributed by atoms with Crippen molar-refractivity contribution < 1.29 is 19.0 Å². The summed E-state index contributed by atoms with van der Waals surface area (Å²) in [4.78, 5) is 14.2. The first kappa shape index (κ1) is 23.7. The van der Waals surface area contributed by atoms with Gasteiger partial charge in [-0.05, 0) is 54.5 Å². The van der Waals surface area contributed by atoms with Gasteiger partial charge in [0.15, 0.2) is 11.5 Å². The first-order valence-electron chi connectivity index (χ1n) is 9.41. The quantitative estimate of drug-likeness (QED) is 0.253. The van der Waals surface area contributed by atoms with Crippen molar-refractivity contribution in [1.29, 1.82) is 0 Å². The number of carbonyl (C=O) groups is 1. The molecule has 9 heteroatoms. The number of halogens is 2. The molecule has 3 rings (SSSR count). The molecule has 0 radical (unpaired) electrons. The van der Waals surface area contributed by atoms with Crippen molar-refractivity contribution in [3.8, 4) is 17.2 Å². The highest BCUT2D eigenvalue weighted by atomic mass is 35.5. The van der Waals surface area contributed by atoms with E-state index in [9.17, 15) is 4.79 Å². The minimum Gasteiger partial charge on any atom is -0.493 e. The number of carbonyl (C=O) groups excluding carboxylic acids is 1. The van der Waals surface area contributed by atoms with Gasteiger partial charge in [0.05, 0.1) is 30.3 Å². The molecule has 1 saturated heterocycles. The summed E-state index contributed by atoms with van der Waals surface area (Å²) in [6.45, 7) is 2.81. The Morgan fingerprint density at radius 2 is 1.87 bits per heavy atom. The molecule has 164 valence electrons. The van der Waals surface area contributed by atoms with Crippen LogP contribution in [-0.4, -0.2) is 42.5 Å². The number of nitrogens with zero attached hydrogens (tertiary/aromatic N) is 1. The lowest BCUT2D eigenvalue weighted by atomic mass is 10.2. The van der Waals surface area contributed by atoms with Crippen LogP contribution < -0.4 is 14.2 Å². The third-order valence-electron chi connectivity index (χ3n) is 4.47. The highest BCUT2D eigenvalue weighted by Crippen LogP contribution is 2.38. The minimum absolute atomic E-state index is 0.138. The van der Waals surface area contributed by atoms with Crippen LogP contribution in [0.15, 0.2) is 35.2 Å². The van der Waals surface area contributed by atoms with E-state index in [1.54, 1.807) is 32.4 Å². The van der Waals surface area contributed by atoms with E-state index in [1.165, 1.54) is 16.7 Å². The Morgan fingerprint density at radius 3 is 2.52 bits per heavy atom. The average Bonchev–Trinajstić information content (AvgIpc) is 2.97. The lowest BCUT2D eigenvalue weighted by Gasteiger charge is -2.14. The van der Waals surface area contributed by atoms with E-state index in [0.717, 1.165) is 16.9 Å². The minimum atomic E-state index is -0.138. The zero-order valence-electron chi connectivity index (χ0n) is 17.2. The van der Waals surface area contributed by atoms with Crippen LogP contribution in [0.5, 0.6) is 17.2 Å². The van der Waals surface area contributed by atoms with Gasteiger partial charge >= 0.3 is 0 Å². The molecule has 2 aromatic carbocycles. The number of methoxy groups -OCH3 is 1. The second-order valence-corrected chi connectivity index (χ2v) is 9.23. The molecule has 1 amide bonds. The maximum absolute atomic E-state index is 12.2. The van der Waals surface area contributed by atoms with Crippen LogP contribution in [0.1, 0.15) is 17.5 Å². The van der Waals surface area contributed by atoms with E-state index in [2.05, 4.69) is 0 Å². The lowest BCUT2D eigenvalue weighted by Crippen LogP contribution is -2.22. The predicted molar refractivity (Wildman–Crippen MR) is 131 cm³/mol. The largest absolute Gasteiger partial charge is 0.493 e. The highest BCUT2D eigenvalue weighted by Gasteiger charge is 2.28. The van der Waals surface area contributed by atoms with Gasteiger partial charge in [-0.25, -0.2) is 0 Å². The van der Waals surface area contributed by atoms with Gasteiger partial charge in [-0.15, -0.1) is 0 Å². The van der Waals surface area contributed by atoms with Crippen LogP contribution in [0.25, 0.3) is 6.08 Å². The molecule has 1 heterocycles. The van der Waals surface area contributed by atoms with Gasteiger partial charge in [-0.3, -0.25) is 9.69 Å². The van der Waals surface area contributed by atoms with Crippen LogP contribution in [0.2, 0.25) is 10.0 Å². The van der Waals surface area contributed by atoms with Gasteiger partial charge < -0.3 is 14.2 Å². The summed E-state index contributed by atoms with van der Waals surface area (Å²) in [5.74, 6) is 1.56. The molecule has 0 spiro atoms. The molecule has 0 atom stereocenters. The normalized spacial score (nSPS) is 15.0. The van der Waals surface area contributed by atoms with Crippen molar-refractivity contribution in [3.63, 3.8) is 0 Å². The van der Waals surface area contributed by atoms with Crippen molar-refractivity contribution in [2.24, 2.45) is 0 Å². The molecule has 0 aliphatic carbocycles. The number of hydrogen-bond acceptors (Lipinski definition) is 6. The van der Waals surface area contributed by atoms with E-state index in [1.807, 2.05) is 25.1 Å². The summed E-state index contributed by atoms with van der Waals surface area (Å²) in [5.41, 5.74) is 1.69. The molecule has 0 saturated carbocycles. The fourth-order valence-corrected chi connectivity index (χ4v) is 4.36. The number of thiocarbonyl (C=S) groups is 1. The van der Waals surface area contributed by atoms with E-state index < -0.39 is 0 Å². The molecule has 0 N–H and O–H groups in total. The number of hydrogen-bond donors (Lipinski definition) is 0. The summed E-state index contributed by atoms with van der Waals surface area (Å²) in [6, 6.07) is 9.05. The smallest absolute Gasteiger partial charge is 0.265 e. The molecule has 1 aliphatic rings. The van der Waals surface area contributed by atoms with Crippen LogP contribution >= 0.6 is 47.2 Å². The first-order chi connectivity index (χ1) is 14.8. The van der Waals surface area contributed by atoms with E-state index in [0.29, 0.717) is 50.4 Å². The SMILES string of the molecule is COc1cc(C=C2SC(=S)N(C)C2=O)cc(Cl)c1OCCCOc1ccc(Cl)c(C)c1. The van der Waals surface area contributed by atoms with Gasteiger partial charge in [0, 0.05) is 18.5 Å². The Hall–Kier alpha value is -1.93. The third-order valence-corrected chi connectivity index (χ3v) is 6.66. The van der Waals surface area contributed by atoms with E-state index in [-0.39, 0.29) is 5.91 Å². The number of aryl methyl sites for hydroxylation is 1. The van der Waals surface area contributed by atoms with Crippen molar-refractivity contribution in [1.82, 2.24) is 4.90 Å². The summed E-state index contributed by atoms with van der Waals surface area (Å²) in [7, 11) is 3.20. The number of amides is 1. The molecule has 2 aromatic rings. The van der Waals surface area contributed by atoms with Crippen molar-refractivity contribution in [2.75, 3.05) is 27.4 Å². The van der Waals surface area contributed by atoms with E-state index in [4.69, 9.17) is 49.6 Å². The molecular formula is C22H21Cl2NO4S2. The summed E-state index contributed by atoms with van der Waals surface area (Å²) < 4.78 is 17.5. The van der Waals surface area contributed by atoms with Gasteiger partial charge in [0.25, 0.3) is 5.91 Å². The Kier molecular flexibility index (Phi) is 8.11. The Balaban J connectivity index is 1.61. The Morgan fingerprint density at radius 1 is 1.13 bits per heavy atom. The number of ether oxygens (including phenoxy) is 3. The maximum atomic E-state index is 12.2. The fourth-order valence-electron chi connectivity index (χ4n) is 2.79. The molecule has 31 heavy (non-hydrogen) atoms. The summed E-state index contributed by atoms with van der Waals surface area (Å²) >= 11 is 18.9. The topological polar surface area (TPSA) is 48.0 Å². The second-order valence-electron chi connectivity index (χ2n) is 6.74. The van der Waals surface area contributed by atoms with Crippen molar-refractivity contribution in [2.45, 2.75) is 13.3 Å². The average molecular weight is 498 g/mol. The molecular weight excluding hydrogens is 477 g/mol. The maximum Gasteiger partial charge on any atom is 0.265 e. The molecule has 1 fully saturated rings.